The molecule has 2 aromatic carbocycles. The van der Waals surface area contributed by atoms with Gasteiger partial charge in [-0.15, -0.1) is 0 Å². The third-order valence-corrected chi connectivity index (χ3v) is 4.37. The highest BCUT2D eigenvalue weighted by molar-refractivity contribution is 5.76. The van der Waals surface area contributed by atoms with Gasteiger partial charge in [0.1, 0.15) is 11.2 Å². The van der Waals surface area contributed by atoms with E-state index in [1.54, 1.807) is 7.11 Å². The SMILES string of the molecule is COc1ccc(CCCC(=O)N=c2ccccn2Cc2ccccc2)cc1. The molecule has 138 valence electrons. The molecular weight excluding hydrogens is 336 g/mol. The van der Waals surface area contributed by atoms with Gasteiger partial charge in [-0.2, -0.15) is 4.99 Å². The maximum absolute atomic E-state index is 12.3. The van der Waals surface area contributed by atoms with Crippen LogP contribution < -0.4 is 10.2 Å². The van der Waals surface area contributed by atoms with Crippen molar-refractivity contribution in [3.05, 3.63) is 95.6 Å². The smallest absolute Gasteiger partial charge is 0.247 e. The monoisotopic (exact) mass is 360 g/mol. The van der Waals surface area contributed by atoms with Crippen molar-refractivity contribution in [3.63, 3.8) is 0 Å². The topological polar surface area (TPSA) is 43.6 Å². The first-order chi connectivity index (χ1) is 13.2. The van der Waals surface area contributed by atoms with Crippen molar-refractivity contribution in [1.82, 2.24) is 4.57 Å². The highest BCUT2D eigenvalue weighted by Crippen LogP contribution is 2.13. The van der Waals surface area contributed by atoms with E-state index in [2.05, 4.69) is 17.1 Å². The Hall–Kier alpha value is -3.14. The summed E-state index contributed by atoms with van der Waals surface area (Å²) >= 11 is 0. The molecule has 0 aliphatic rings. The van der Waals surface area contributed by atoms with Crippen molar-refractivity contribution in [2.75, 3.05) is 7.11 Å². The molecule has 4 heteroatoms. The minimum atomic E-state index is -0.0866. The number of amides is 1. The summed E-state index contributed by atoms with van der Waals surface area (Å²) < 4.78 is 7.16. The van der Waals surface area contributed by atoms with Crippen LogP contribution in [0.4, 0.5) is 0 Å². The molecule has 0 radical (unpaired) electrons. The van der Waals surface area contributed by atoms with E-state index >= 15 is 0 Å². The van der Waals surface area contributed by atoms with Crippen LogP contribution in [0.1, 0.15) is 24.0 Å². The average molecular weight is 360 g/mol. The quantitative estimate of drug-likeness (QED) is 0.639. The fourth-order valence-corrected chi connectivity index (χ4v) is 2.90. The Labute approximate surface area is 159 Å². The normalized spacial score (nSPS) is 11.4. The molecule has 0 saturated heterocycles. The summed E-state index contributed by atoms with van der Waals surface area (Å²) in [5.41, 5.74) is 3.07. The number of methoxy groups -OCH3 is 1. The molecule has 0 fully saturated rings. The number of aromatic nitrogens is 1. The predicted molar refractivity (Wildman–Crippen MR) is 106 cm³/mol. The van der Waals surface area contributed by atoms with Gasteiger partial charge in [0.2, 0.25) is 5.91 Å². The third kappa shape index (κ3) is 5.68. The minimum Gasteiger partial charge on any atom is -0.497 e. The highest BCUT2D eigenvalue weighted by Gasteiger charge is 2.02. The van der Waals surface area contributed by atoms with Gasteiger partial charge >= 0.3 is 0 Å². The first-order valence-electron chi connectivity index (χ1n) is 9.14. The van der Waals surface area contributed by atoms with Crippen LogP contribution in [-0.4, -0.2) is 17.6 Å². The molecule has 0 spiro atoms. The first-order valence-corrected chi connectivity index (χ1v) is 9.14. The van der Waals surface area contributed by atoms with Gasteiger partial charge < -0.3 is 9.30 Å². The zero-order valence-electron chi connectivity index (χ0n) is 15.5. The number of hydrogen-bond donors (Lipinski definition) is 0. The molecule has 3 aromatic rings. The molecule has 0 N–H and O–H groups in total. The minimum absolute atomic E-state index is 0.0866. The Kier molecular flexibility index (Phi) is 6.58. The maximum Gasteiger partial charge on any atom is 0.247 e. The van der Waals surface area contributed by atoms with Gasteiger partial charge in [0.25, 0.3) is 0 Å². The van der Waals surface area contributed by atoms with E-state index in [1.165, 1.54) is 11.1 Å². The van der Waals surface area contributed by atoms with Gasteiger partial charge in [-0.05, 0) is 48.2 Å². The van der Waals surface area contributed by atoms with Crippen LogP contribution >= 0.6 is 0 Å². The van der Waals surface area contributed by atoms with Gasteiger partial charge in [0, 0.05) is 19.2 Å². The lowest BCUT2D eigenvalue weighted by Gasteiger charge is -2.07. The summed E-state index contributed by atoms with van der Waals surface area (Å²) in [5.74, 6) is 0.758. The van der Waals surface area contributed by atoms with Gasteiger partial charge in [0.05, 0.1) is 7.11 Å². The predicted octanol–water partition coefficient (Wildman–Crippen LogP) is 4.00. The van der Waals surface area contributed by atoms with Gasteiger partial charge in [-0.3, -0.25) is 4.79 Å². The summed E-state index contributed by atoms with van der Waals surface area (Å²) in [6.45, 7) is 0.694. The van der Waals surface area contributed by atoms with Crippen molar-refractivity contribution in [1.29, 1.82) is 0 Å². The highest BCUT2D eigenvalue weighted by atomic mass is 16.5. The number of ether oxygens (including phenoxy) is 1. The van der Waals surface area contributed by atoms with Crippen LogP contribution in [0.25, 0.3) is 0 Å². The van der Waals surface area contributed by atoms with E-state index in [0.717, 1.165) is 18.6 Å². The second-order valence-electron chi connectivity index (χ2n) is 6.38. The van der Waals surface area contributed by atoms with Crippen molar-refractivity contribution >= 4 is 5.91 Å². The van der Waals surface area contributed by atoms with Crippen molar-refractivity contribution in [2.45, 2.75) is 25.8 Å². The summed E-state index contributed by atoms with van der Waals surface area (Å²) in [4.78, 5) is 16.6. The van der Waals surface area contributed by atoms with Crippen LogP contribution in [0.2, 0.25) is 0 Å². The van der Waals surface area contributed by atoms with Gasteiger partial charge in [-0.1, -0.05) is 48.5 Å². The Morgan fingerprint density at radius 1 is 0.926 bits per heavy atom. The van der Waals surface area contributed by atoms with E-state index in [0.29, 0.717) is 18.5 Å². The summed E-state index contributed by atoms with van der Waals surface area (Å²) in [6.07, 6.45) is 4.02. The Bertz CT molecular complexity index is 928. The number of benzene rings is 2. The summed E-state index contributed by atoms with van der Waals surface area (Å²) in [5, 5.41) is 0. The van der Waals surface area contributed by atoms with E-state index < -0.39 is 0 Å². The van der Waals surface area contributed by atoms with Crippen molar-refractivity contribution in [2.24, 2.45) is 4.99 Å². The Balaban J connectivity index is 1.61. The van der Waals surface area contributed by atoms with Crippen LogP contribution in [0.3, 0.4) is 0 Å². The molecule has 1 aromatic heterocycles. The number of nitrogens with zero attached hydrogens (tertiary/aromatic N) is 2. The standard InChI is InChI=1S/C23H24N2O2/c1-27-21-15-13-19(14-16-21)10-7-12-23(26)24-22-11-5-6-17-25(22)18-20-8-3-2-4-9-20/h2-6,8-9,11,13-17H,7,10,12,18H2,1H3. The van der Waals surface area contributed by atoms with Crippen LogP contribution in [0.5, 0.6) is 5.75 Å². The van der Waals surface area contributed by atoms with E-state index in [9.17, 15) is 4.79 Å². The third-order valence-electron chi connectivity index (χ3n) is 4.37. The number of aryl methyl sites for hydroxylation is 1. The molecule has 3 rings (SSSR count). The van der Waals surface area contributed by atoms with Crippen LogP contribution in [0, 0.1) is 0 Å². The molecule has 0 aliphatic carbocycles. The van der Waals surface area contributed by atoms with Gasteiger partial charge in [-0.25, -0.2) is 0 Å². The summed E-state index contributed by atoms with van der Waals surface area (Å²) in [7, 11) is 1.66. The lowest BCUT2D eigenvalue weighted by Crippen LogP contribution is -2.22. The molecule has 0 aliphatic heterocycles. The second kappa shape index (κ2) is 9.53. The van der Waals surface area contributed by atoms with Crippen LogP contribution in [-0.2, 0) is 17.8 Å². The number of hydrogen-bond acceptors (Lipinski definition) is 2. The van der Waals surface area contributed by atoms with E-state index in [-0.39, 0.29) is 5.91 Å². The molecular formula is C23H24N2O2. The largest absolute Gasteiger partial charge is 0.497 e. The lowest BCUT2D eigenvalue weighted by molar-refractivity contribution is -0.118. The first kappa shape index (κ1) is 18.6. The maximum atomic E-state index is 12.3. The number of pyridine rings is 1. The zero-order valence-corrected chi connectivity index (χ0v) is 15.5. The fraction of sp³-hybridized carbons (Fsp3) is 0.217. The Morgan fingerprint density at radius 3 is 2.41 bits per heavy atom. The molecule has 4 nitrogen and oxygen atoms in total. The summed E-state index contributed by atoms with van der Waals surface area (Å²) in [6, 6.07) is 23.9. The molecule has 0 saturated carbocycles. The Morgan fingerprint density at radius 2 is 1.67 bits per heavy atom. The molecule has 1 heterocycles. The molecule has 0 unspecified atom stereocenters. The number of carbonyl (C=O) groups excluding carboxylic acids is 1. The molecule has 0 atom stereocenters. The second-order valence-corrected chi connectivity index (χ2v) is 6.38. The molecule has 27 heavy (non-hydrogen) atoms. The van der Waals surface area contributed by atoms with Crippen LogP contribution in [0.15, 0.2) is 84.0 Å². The lowest BCUT2D eigenvalue weighted by atomic mass is 10.1. The molecule has 1 amide bonds. The fourth-order valence-electron chi connectivity index (χ4n) is 2.90. The van der Waals surface area contributed by atoms with Gasteiger partial charge in [0.15, 0.2) is 0 Å². The number of carbonyl (C=O) groups is 1. The van der Waals surface area contributed by atoms with Crippen molar-refractivity contribution in [3.8, 4) is 5.75 Å². The van der Waals surface area contributed by atoms with Crippen molar-refractivity contribution < 1.29 is 9.53 Å². The average Bonchev–Trinajstić information content (AvgIpc) is 2.71. The van der Waals surface area contributed by atoms with E-state index in [4.69, 9.17) is 4.74 Å². The zero-order chi connectivity index (χ0) is 18.9. The van der Waals surface area contributed by atoms with E-state index in [1.807, 2.05) is 71.4 Å². The molecule has 0 bridgehead atoms. The number of rotatable bonds is 7.